The average Bonchev–Trinajstić information content (AvgIpc) is 3.39. The van der Waals surface area contributed by atoms with Crippen LogP contribution in [0.25, 0.3) is 0 Å². The Hall–Kier alpha value is -2.22. The van der Waals surface area contributed by atoms with Crippen molar-refractivity contribution in [3.63, 3.8) is 0 Å². The molecule has 146 valence electrons. The van der Waals surface area contributed by atoms with Gasteiger partial charge in [0.05, 0.1) is 6.04 Å². The highest BCUT2D eigenvalue weighted by Crippen LogP contribution is 2.31. The lowest BCUT2D eigenvalue weighted by atomic mass is 9.89. The van der Waals surface area contributed by atoms with E-state index in [9.17, 15) is 4.79 Å². The first kappa shape index (κ1) is 18.2. The number of rotatable bonds is 5. The first-order valence-corrected chi connectivity index (χ1v) is 10.1. The normalized spacial score (nSPS) is 22.5. The quantitative estimate of drug-likeness (QED) is 0.837. The third-order valence-corrected chi connectivity index (χ3v) is 5.63. The van der Waals surface area contributed by atoms with Gasteiger partial charge in [0.15, 0.2) is 5.82 Å². The summed E-state index contributed by atoms with van der Waals surface area (Å²) < 4.78 is 7.30. The first-order chi connectivity index (χ1) is 13.2. The van der Waals surface area contributed by atoms with Gasteiger partial charge in [0.25, 0.3) is 5.91 Å². The molecule has 0 bridgehead atoms. The molecule has 1 amide bonds. The van der Waals surface area contributed by atoms with Gasteiger partial charge in [-0.1, -0.05) is 24.4 Å². The lowest BCUT2D eigenvalue weighted by Gasteiger charge is -2.22. The van der Waals surface area contributed by atoms with Gasteiger partial charge in [-0.25, -0.2) is 0 Å². The van der Waals surface area contributed by atoms with Crippen LogP contribution < -0.4 is 10.6 Å². The average molecular weight is 372 g/mol. The van der Waals surface area contributed by atoms with Crippen LogP contribution in [0.15, 0.2) is 16.8 Å². The number of carbonyl (C=O) groups is 1. The number of carbonyl (C=O) groups excluding carboxylic acids is 1. The van der Waals surface area contributed by atoms with Gasteiger partial charge in [0, 0.05) is 18.7 Å². The van der Waals surface area contributed by atoms with E-state index in [2.05, 4.69) is 25.9 Å². The Morgan fingerprint density at radius 3 is 2.93 bits per heavy atom. The highest BCUT2D eigenvalue weighted by atomic mass is 16.5. The van der Waals surface area contributed by atoms with Gasteiger partial charge in [0.1, 0.15) is 11.7 Å². The fourth-order valence-corrected chi connectivity index (χ4v) is 4.00. The number of nitrogens with one attached hydrogen (secondary N) is 2. The molecule has 0 radical (unpaired) electrons. The summed E-state index contributed by atoms with van der Waals surface area (Å²) in [6.45, 7) is 3.80. The molecule has 2 unspecified atom stereocenters. The fourth-order valence-electron chi connectivity index (χ4n) is 4.00. The molecule has 2 atom stereocenters. The largest absolute Gasteiger partial charge is 0.339 e. The molecule has 1 aliphatic heterocycles. The standard InChI is InChI=1S/C19H28N6O2/c1-13(19-22-17(24-27-19)14-6-3-2-4-7-14)21-18(26)16-9-11-25(23-16)15-8-5-10-20-12-15/h9,11,13-15,20H,2-8,10,12H2,1H3,(H,21,26). The van der Waals surface area contributed by atoms with Crippen molar-refractivity contribution < 1.29 is 9.32 Å². The van der Waals surface area contributed by atoms with E-state index in [1.54, 1.807) is 6.07 Å². The third kappa shape index (κ3) is 4.21. The molecule has 1 aliphatic carbocycles. The number of hydrogen-bond acceptors (Lipinski definition) is 6. The minimum atomic E-state index is -0.344. The van der Waals surface area contributed by atoms with Crippen molar-refractivity contribution >= 4 is 5.91 Å². The maximum atomic E-state index is 12.5. The van der Waals surface area contributed by atoms with E-state index in [1.165, 1.54) is 19.3 Å². The monoisotopic (exact) mass is 372 g/mol. The predicted molar refractivity (Wildman–Crippen MR) is 99.4 cm³/mol. The Morgan fingerprint density at radius 2 is 2.15 bits per heavy atom. The smallest absolute Gasteiger partial charge is 0.272 e. The van der Waals surface area contributed by atoms with Gasteiger partial charge in [-0.2, -0.15) is 10.1 Å². The number of piperidine rings is 1. The molecular formula is C19H28N6O2. The van der Waals surface area contributed by atoms with Gasteiger partial charge in [0.2, 0.25) is 5.89 Å². The van der Waals surface area contributed by atoms with E-state index < -0.39 is 0 Å². The van der Waals surface area contributed by atoms with Gasteiger partial charge >= 0.3 is 0 Å². The Morgan fingerprint density at radius 1 is 1.30 bits per heavy atom. The predicted octanol–water partition coefficient (Wildman–Crippen LogP) is 2.73. The van der Waals surface area contributed by atoms with Crippen LogP contribution in [-0.2, 0) is 0 Å². The minimum Gasteiger partial charge on any atom is -0.339 e. The van der Waals surface area contributed by atoms with E-state index >= 15 is 0 Å². The summed E-state index contributed by atoms with van der Waals surface area (Å²) in [5.41, 5.74) is 0.416. The summed E-state index contributed by atoms with van der Waals surface area (Å²) >= 11 is 0. The van der Waals surface area contributed by atoms with Crippen molar-refractivity contribution in [2.45, 2.75) is 69.9 Å². The van der Waals surface area contributed by atoms with Crippen LogP contribution >= 0.6 is 0 Å². The van der Waals surface area contributed by atoms with E-state index in [1.807, 2.05) is 17.8 Å². The van der Waals surface area contributed by atoms with Crippen molar-refractivity contribution in [2.75, 3.05) is 13.1 Å². The lowest BCUT2D eigenvalue weighted by molar-refractivity contribution is 0.0926. The molecule has 27 heavy (non-hydrogen) atoms. The minimum absolute atomic E-state index is 0.220. The second-order valence-corrected chi connectivity index (χ2v) is 7.70. The molecule has 1 saturated heterocycles. The molecule has 2 fully saturated rings. The van der Waals surface area contributed by atoms with E-state index in [4.69, 9.17) is 4.52 Å². The van der Waals surface area contributed by atoms with Crippen molar-refractivity contribution in [2.24, 2.45) is 0 Å². The van der Waals surface area contributed by atoms with Crippen LogP contribution in [0.1, 0.15) is 92.1 Å². The molecule has 3 heterocycles. The summed E-state index contributed by atoms with van der Waals surface area (Å²) in [4.78, 5) is 17.1. The number of hydrogen-bond donors (Lipinski definition) is 2. The van der Waals surface area contributed by atoms with Crippen molar-refractivity contribution in [1.29, 1.82) is 0 Å². The zero-order valence-electron chi connectivity index (χ0n) is 15.9. The maximum Gasteiger partial charge on any atom is 0.272 e. The van der Waals surface area contributed by atoms with Crippen molar-refractivity contribution in [3.8, 4) is 0 Å². The summed E-state index contributed by atoms with van der Waals surface area (Å²) in [7, 11) is 0. The second kappa shape index (κ2) is 8.21. The zero-order valence-corrected chi connectivity index (χ0v) is 15.9. The van der Waals surface area contributed by atoms with Crippen molar-refractivity contribution in [1.82, 2.24) is 30.6 Å². The summed E-state index contributed by atoms with van der Waals surface area (Å²) in [5.74, 6) is 1.40. The topological polar surface area (TPSA) is 97.9 Å². The van der Waals surface area contributed by atoms with Crippen molar-refractivity contribution in [3.05, 3.63) is 29.7 Å². The Balaban J connectivity index is 1.36. The molecule has 2 aromatic heterocycles. The summed E-state index contributed by atoms with van der Waals surface area (Å²) in [6.07, 6.45) is 10.1. The van der Waals surface area contributed by atoms with Crippen LogP contribution in [0.4, 0.5) is 0 Å². The highest BCUT2D eigenvalue weighted by Gasteiger charge is 2.24. The van der Waals surface area contributed by atoms with Gasteiger partial charge in [-0.3, -0.25) is 9.48 Å². The zero-order chi connectivity index (χ0) is 18.6. The highest BCUT2D eigenvalue weighted by molar-refractivity contribution is 5.92. The molecule has 8 nitrogen and oxygen atoms in total. The Kier molecular flexibility index (Phi) is 5.52. The lowest BCUT2D eigenvalue weighted by Crippen LogP contribution is -2.32. The third-order valence-electron chi connectivity index (χ3n) is 5.63. The van der Waals surface area contributed by atoms with Crippen LogP contribution in [0, 0.1) is 0 Å². The van der Waals surface area contributed by atoms with Crippen LogP contribution in [0.3, 0.4) is 0 Å². The summed E-state index contributed by atoms with van der Waals surface area (Å²) in [5, 5.41) is 14.9. The van der Waals surface area contributed by atoms with Gasteiger partial charge in [-0.15, -0.1) is 0 Å². The number of nitrogens with zero attached hydrogens (tertiary/aromatic N) is 4. The second-order valence-electron chi connectivity index (χ2n) is 7.70. The first-order valence-electron chi connectivity index (χ1n) is 10.1. The number of amides is 1. The molecule has 8 heteroatoms. The molecular weight excluding hydrogens is 344 g/mol. The fraction of sp³-hybridized carbons (Fsp3) is 0.684. The Bertz CT molecular complexity index is 758. The Labute approximate surface area is 159 Å². The summed E-state index contributed by atoms with van der Waals surface area (Å²) in [6, 6.07) is 1.73. The molecule has 2 aromatic rings. The molecule has 0 aromatic carbocycles. The van der Waals surface area contributed by atoms with Gasteiger partial charge in [-0.05, 0) is 45.2 Å². The van der Waals surface area contributed by atoms with Gasteiger partial charge < -0.3 is 15.2 Å². The molecule has 2 N–H and O–H groups in total. The number of aromatic nitrogens is 4. The van der Waals surface area contributed by atoms with E-state index in [-0.39, 0.29) is 11.9 Å². The van der Waals surface area contributed by atoms with Crippen LogP contribution in [0.2, 0.25) is 0 Å². The SMILES string of the molecule is CC(NC(=O)c1ccn(C2CCCNC2)n1)c1nc(C2CCCCC2)no1. The van der Waals surface area contributed by atoms with E-state index in [0.29, 0.717) is 23.5 Å². The molecule has 2 aliphatic rings. The van der Waals surface area contributed by atoms with Crippen LogP contribution in [0.5, 0.6) is 0 Å². The molecule has 0 spiro atoms. The maximum absolute atomic E-state index is 12.5. The van der Waals surface area contributed by atoms with E-state index in [0.717, 1.165) is 44.6 Å². The molecule has 1 saturated carbocycles. The molecule has 4 rings (SSSR count). The van der Waals surface area contributed by atoms with Crippen LogP contribution in [-0.4, -0.2) is 38.9 Å².